The van der Waals surface area contributed by atoms with Crippen LogP contribution in [-0.2, 0) is 0 Å². The zero-order valence-electron chi connectivity index (χ0n) is 12.5. The fourth-order valence-corrected chi connectivity index (χ4v) is 3.54. The molecule has 0 saturated carbocycles. The Labute approximate surface area is 158 Å². The molecule has 1 aromatic carbocycles. The van der Waals surface area contributed by atoms with Gasteiger partial charge in [-0.25, -0.2) is 9.37 Å². The van der Waals surface area contributed by atoms with Crippen LogP contribution in [0.1, 0.15) is 15.2 Å². The number of allylic oxidation sites excluding steroid dienone is 1. The van der Waals surface area contributed by atoms with E-state index < -0.39 is 0 Å². The average Bonchev–Trinajstić information content (AvgIpc) is 2.94. The molecular weight excluding hydrogens is 394 g/mol. The second-order valence-corrected chi connectivity index (χ2v) is 6.84. The maximum Gasteiger partial charge on any atom is 0.187 e. The van der Waals surface area contributed by atoms with E-state index >= 15 is 0 Å². The molecule has 0 saturated heterocycles. The number of halogens is 4. The van der Waals surface area contributed by atoms with E-state index in [4.69, 9.17) is 34.8 Å². The first-order chi connectivity index (χ1) is 11.5. The van der Waals surface area contributed by atoms with Gasteiger partial charge in [-0.05, 0) is 36.4 Å². The Morgan fingerprint density at radius 1 is 1.21 bits per heavy atom. The van der Waals surface area contributed by atoms with E-state index in [1.165, 1.54) is 41.7 Å². The molecule has 2 aromatic rings. The Kier molecular flexibility index (Phi) is 7.49. The smallest absolute Gasteiger partial charge is 0.187 e. The lowest BCUT2D eigenvalue weighted by molar-refractivity contribution is 0.104. The number of ketones is 1. The summed E-state index contributed by atoms with van der Waals surface area (Å²) in [4.78, 5) is 19.0. The Morgan fingerprint density at radius 2 is 1.83 bits per heavy atom. The fraction of sp³-hybridized carbons (Fsp3) is 0.250. The zero-order valence-corrected chi connectivity index (χ0v) is 15.6. The first-order valence-corrected chi connectivity index (χ1v) is 9.32. The lowest BCUT2D eigenvalue weighted by Gasteiger charge is -2.18. The van der Waals surface area contributed by atoms with Gasteiger partial charge in [-0.1, -0.05) is 22.9 Å². The van der Waals surface area contributed by atoms with Gasteiger partial charge < -0.3 is 4.90 Å². The van der Waals surface area contributed by atoms with Crippen LogP contribution in [0.15, 0.2) is 30.3 Å². The highest BCUT2D eigenvalue weighted by atomic mass is 35.5. The second-order valence-electron chi connectivity index (χ2n) is 4.72. The topological polar surface area (TPSA) is 33.2 Å². The molecule has 0 N–H and O–H groups in total. The van der Waals surface area contributed by atoms with Crippen molar-refractivity contribution in [2.45, 2.75) is 0 Å². The Bertz CT molecular complexity index is 713. The SMILES string of the molecule is O=C(/C=C/c1sc(N(CCCl)CCCl)nc1Cl)c1ccc(F)cc1. The highest BCUT2D eigenvalue weighted by Crippen LogP contribution is 2.31. The van der Waals surface area contributed by atoms with Gasteiger partial charge in [0.2, 0.25) is 0 Å². The van der Waals surface area contributed by atoms with Crippen LogP contribution < -0.4 is 4.90 Å². The molecule has 0 aliphatic heterocycles. The zero-order chi connectivity index (χ0) is 17.5. The highest BCUT2D eigenvalue weighted by molar-refractivity contribution is 7.17. The summed E-state index contributed by atoms with van der Waals surface area (Å²) in [6.45, 7) is 1.21. The summed E-state index contributed by atoms with van der Waals surface area (Å²) in [6, 6.07) is 5.36. The first-order valence-electron chi connectivity index (χ1n) is 7.06. The van der Waals surface area contributed by atoms with E-state index in [-0.39, 0.29) is 11.6 Å². The molecule has 1 heterocycles. The maximum absolute atomic E-state index is 12.9. The Balaban J connectivity index is 2.14. The van der Waals surface area contributed by atoms with Crippen LogP contribution in [0.3, 0.4) is 0 Å². The molecule has 0 fully saturated rings. The standard InChI is InChI=1S/C16H14Cl3FN2OS/c17-7-9-22(10-8-18)16-21-15(19)14(24-16)6-5-13(23)11-1-3-12(20)4-2-11/h1-6H,7-10H2/b6-5+. The van der Waals surface area contributed by atoms with Crippen LogP contribution in [0, 0.1) is 5.82 Å². The first kappa shape index (κ1) is 19.2. The quantitative estimate of drug-likeness (QED) is 0.346. The van der Waals surface area contributed by atoms with E-state index in [2.05, 4.69) is 4.98 Å². The predicted octanol–water partition coefficient (Wildman–Crippen LogP) is 5.12. The predicted molar refractivity (Wildman–Crippen MR) is 101 cm³/mol. The molecule has 0 aliphatic rings. The van der Waals surface area contributed by atoms with Crippen molar-refractivity contribution >= 4 is 63.1 Å². The summed E-state index contributed by atoms with van der Waals surface area (Å²) < 4.78 is 12.9. The van der Waals surface area contributed by atoms with Crippen molar-refractivity contribution in [1.29, 1.82) is 0 Å². The van der Waals surface area contributed by atoms with Crippen molar-refractivity contribution in [2.24, 2.45) is 0 Å². The third-order valence-electron chi connectivity index (χ3n) is 3.09. The monoisotopic (exact) mass is 406 g/mol. The minimum Gasteiger partial charge on any atom is -0.346 e. The largest absolute Gasteiger partial charge is 0.346 e. The molecule has 0 atom stereocenters. The van der Waals surface area contributed by atoms with Gasteiger partial charge in [0.05, 0.1) is 4.88 Å². The van der Waals surface area contributed by atoms with Crippen molar-refractivity contribution in [2.75, 3.05) is 29.7 Å². The minimum absolute atomic E-state index is 0.237. The minimum atomic E-state index is -0.385. The van der Waals surface area contributed by atoms with Crippen molar-refractivity contribution in [3.05, 3.63) is 51.8 Å². The van der Waals surface area contributed by atoms with Gasteiger partial charge in [-0.15, -0.1) is 23.2 Å². The van der Waals surface area contributed by atoms with E-state index in [1.807, 2.05) is 4.90 Å². The molecular formula is C16H14Cl3FN2OS. The van der Waals surface area contributed by atoms with Crippen LogP contribution in [0.5, 0.6) is 0 Å². The molecule has 8 heteroatoms. The summed E-state index contributed by atoms with van der Waals surface area (Å²) in [5.74, 6) is 0.272. The number of hydrogen-bond donors (Lipinski definition) is 0. The van der Waals surface area contributed by atoms with Gasteiger partial charge >= 0.3 is 0 Å². The van der Waals surface area contributed by atoms with Gasteiger partial charge in [0.25, 0.3) is 0 Å². The van der Waals surface area contributed by atoms with Gasteiger partial charge in [0.1, 0.15) is 11.0 Å². The molecule has 0 unspecified atom stereocenters. The molecule has 24 heavy (non-hydrogen) atoms. The highest BCUT2D eigenvalue weighted by Gasteiger charge is 2.14. The summed E-state index contributed by atoms with van der Waals surface area (Å²) >= 11 is 19.1. The maximum atomic E-state index is 12.9. The summed E-state index contributed by atoms with van der Waals surface area (Å²) in [6.07, 6.45) is 3.00. The van der Waals surface area contributed by atoms with E-state index in [1.54, 1.807) is 6.08 Å². The van der Waals surface area contributed by atoms with Crippen LogP contribution in [0.2, 0.25) is 5.15 Å². The number of thiazole rings is 1. The number of alkyl halides is 2. The summed E-state index contributed by atoms with van der Waals surface area (Å²) in [7, 11) is 0. The molecule has 0 aliphatic carbocycles. The van der Waals surface area contributed by atoms with Crippen molar-refractivity contribution in [3.8, 4) is 0 Å². The Hall–Kier alpha value is -1.14. The van der Waals surface area contributed by atoms with Crippen LogP contribution in [0.25, 0.3) is 6.08 Å². The van der Waals surface area contributed by atoms with Crippen molar-refractivity contribution < 1.29 is 9.18 Å². The molecule has 0 bridgehead atoms. The van der Waals surface area contributed by atoms with Crippen LogP contribution >= 0.6 is 46.1 Å². The van der Waals surface area contributed by atoms with Gasteiger partial charge in [-0.3, -0.25) is 4.79 Å². The van der Waals surface area contributed by atoms with Crippen molar-refractivity contribution in [1.82, 2.24) is 4.98 Å². The number of benzene rings is 1. The van der Waals surface area contributed by atoms with E-state index in [0.29, 0.717) is 45.6 Å². The average molecular weight is 408 g/mol. The van der Waals surface area contributed by atoms with E-state index in [9.17, 15) is 9.18 Å². The fourth-order valence-electron chi connectivity index (χ4n) is 1.91. The molecule has 1 aromatic heterocycles. The number of rotatable bonds is 8. The molecule has 128 valence electrons. The van der Waals surface area contributed by atoms with Gasteiger partial charge in [-0.2, -0.15) is 0 Å². The molecule has 2 rings (SSSR count). The van der Waals surface area contributed by atoms with Crippen LogP contribution in [-0.4, -0.2) is 35.6 Å². The van der Waals surface area contributed by atoms with Crippen molar-refractivity contribution in [3.63, 3.8) is 0 Å². The molecule has 0 radical (unpaired) electrons. The number of anilines is 1. The molecule has 0 spiro atoms. The molecule has 0 amide bonds. The number of hydrogen-bond acceptors (Lipinski definition) is 4. The van der Waals surface area contributed by atoms with Gasteiger partial charge in [0.15, 0.2) is 10.9 Å². The lowest BCUT2D eigenvalue weighted by atomic mass is 10.1. The Morgan fingerprint density at radius 3 is 2.42 bits per heavy atom. The number of aromatic nitrogens is 1. The number of carbonyl (C=O) groups excluding carboxylic acids is 1. The lowest BCUT2D eigenvalue weighted by Crippen LogP contribution is -2.27. The summed E-state index contributed by atoms with van der Waals surface area (Å²) in [5.41, 5.74) is 0.402. The number of nitrogens with zero attached hydrogens (tertiary/aromatic N) is 2. The van der Waals surface area contributed by atoms with Gasteiger partial charge in [0, 0.05) is 30.4 Å². The van der Waals surface area contributed by atoms with E-state index in [0.717, 1.165) is 0 Å². The molecule has 3 nitrogen and oxygen atoms in total. The normalized spacial score (nSPS) is 11.2. The van der Waals surface area contributed by atoms with Crippen LogP contribution in [0.4, 0.5) is 9.52 Å². The third-order valence-corrected chi connectivity index (χ3v) is 4.91. The number of carbonyl (C=O) groups is 1. The third kappa shape index (κ3) is 5.18. The second kappa shape index (κ2) is 9.37. The summed E-state index contributed by atoms with van der Waals surface area (Å²) in [5, 5.41) is 1.02.